The second-order valence-electron chi connectivity index (χ2n) is 1.94. The third kappa shape index (κ3) is 5.91. The largest absolute Gasteiger partial charge is 0.468 e. The third-order valence-corrected chi connectivity index (χ3v) is 1.96. The van der Waals surface area contributed by atoms with Crippen LogP contribution in [-0.4, -0.2) is 35.8 Å². The van der Waals surface area contributed by atoms with Crippen LogP contribution in [0, 0.1) is 0 Å². The second-order valence-corrected chi connectivity index (χ2v) is 2.97. The molecule has 0 saturated carbocycles. The Morgan fingerprint density at radius 3 is 2.80 bits per heavy atom. The number of thioether (sulfide) groups is 1. The van der Waals surface area contributed by atoms with Crippen LogP contribution in [0.4, 0.5) is 0 Å². The van der Waals surface area contributed by atoms with Gasteiger partial charge in [0, 0.05) is 5.75 Å². The van der Waals surface area contributed by atoms with Crippen LogP contribution in [0.5, 0.6) is 0 Å². The second kappa shape index (κ2) is 5.56. The highest BCUT2D eigenvalue weighted by molar-refractivity contribution is 7.99. The van der Waals surface area contributed by atoms with Gasteiger partial charge in [0.15, 0.2) is 0 Å². The Morgan fingerprint density at radius 2 is 2.40 bits per heavy atom. The number of esters is 1. The molecule has 0 aliphatic rings. The zero-order chi connectivity index (χ0) is 7.98. The van der Waals surface area contributed by atoms with E-state index in [1.807, 2.05) is 0 Å². The number of hydrogen-bond acceptors (Lipinski definition) is 4. The number of rotatable bonds is 4. The molecular weight excluding hydrogens is 152 g/mol. The van der Waals surface area contributed by atoms with Gasteiger partial charge in [-0.1, -0.05) is 0 Å². The van der Waals surface area contributed by atoms with Gasteiger partial charge in [0.05, 0.1) is 19.0 Å². The number of carbonyl (C=O) groups is 1. The fourth-order valence-corrected chi connectivity index (χ4v) is 1.12. The van der Waals surface area contributed by atoms with Gasteiger partial charge < -0.3 is 9.84 Å². The number of methoxy groups -OCH3 is 1. The first-order valence-electron chi connectivity index (χ1n) is 2.99. The van der Waals surface area contributed by atoms with Crippen LogP contribution in [-0.2, 0) is 9.53 Å². The first-order valence-corrected chi connectivity index (χ1v) is 4.15. The predicted octanol–water partition coefficient (Wildman–Crippen LogP) is 0.273. The fourth-order valence-electron chi connectivity index (χ4n) is 0.372. The van der Waals surface area contributed by atoms with Crippen molar-refractivity contribution >= 4 is 17.7 Å². The first-order chi connectivity index (χ1) is 4.66. The van der Waals surface area contributed by atoms with Crippen molar-refractivity contribution in [3.05, 3.63) is 0 Å². The third-order valence-electron chi connectivity index (χ3n) is 0.807. The Balaban J connectivity index is 3.12. The van der Waals surface area contributed by atoms with Crippen molar-refractivity contribution in [3.8, 4) is 0 Å². The van der Waals surface area contributed by atoms with Crippen LogP contribution in [0.15, 0.2) is 0 Å². The van der Waals surface area contributed by atoms with Crippen molar-refractivity contribution in [2.75, 3.05) is 18.6 Å². The maximum absolute atomic E-state index is 10.5. The molecule has 0 heterocycles. The molecule has 0 saturated heterocycles. The summed E-state index contributed by atoms with van der Waals surface area (Å²) in [4.78, 5) is 10.5. The molecule has 0 aromatic rings. The lowest BCUT2D eigenvalue weighted by molar-refractivity contribution is -0.137. The minimum atomic E-state index is -0.352. The molecule has 0 aliphatic carbocycles. The molecule has 0 rings (SSSR count). The molecule has 60 valence electrons. The molecule has 0 aromatic heterocycles. The molecule has 0 unspecified atom stereocenters. The highest BCUT2D eigenvalue weighted by Gasteiger charge is 2.01. The molecule has 0 spiro atoms. The van der Waals surface area contributed by atoms with Gasteiger partial charge in [0.2, 0.25) is 0 Å². The van der Waals surface area contributed by atoms with Gasteiger partial charge in [-0.2, -0.15) is 0 Å². The van der Waals surface area contributed by atoms with Gasteiger partial charge in [-0.25, -0.2) is 0 Å². The van der Waals surface area contributed by atoms with Gasteiger partial charge in [-0.05, 0) is 6.92 Å². The van der Waals surface area contributed by atoms with Gasteiger partial charge in [0.25, 0.3) is 0 Å². The maximum Gasteiger partial charge on any atom is 0.315 e. The summed E-state index contributed by atoms with van der Waals surface area (Å²) in [7, 11) is 1.35. The maximum atomic E-state index is 10.5. The smallest absolute Gasteiger partial charge is 0.315 e. The monoisotopic (exact) mass is 164 g/mol. The van der Waals surface area contributed by atoms with Crippen LogP contribution in [0.25, 0.3) is 0 Å². The summed E-state index contributed by atoms with van der Waals surface area (Å²) in [5.41, 5.74) is 0. The first kappa shape index (κ1) is 9.78. The summed E-state index contributed by atoms with van der Waals surface area (Å²) in [5, 5.41) is 8.77. The van der Waals surface area contributed by atoms with E-state index < -0.39 is 0 Å². The molecule has 0 fully saturated rings. The fraction of sp³-hybridized carbons (Fsp3) is 0.833. The summed E-state index contributed by atoms with van der Waals surface area (Å²) in [6.07, 6.45) is -0.352. The molecule has 10 heavy (non-hydrogen) atoms. The van der Waals surface area contributed by atoms with Crippen molar-refractivity contribution in [1.82, 2.24) is 0 Å². The van der Waals surface area contributed by atoms with Crippen molar-refractivity contribution in [3.63, 3.8) is 0 Å². The topological polar surface area (TPSA) is 46.5 Å². The van der Waals surface area contributed by atoms with E-state index in [0.29, 0.717) is 11.5 Å². The normalized spacial score (nSPS) is 12.7. The van der Waals surface area contributed by atoms with Crippen molar-refractivity contribution in [2.45, 2.75) is 13.0 Å². The van der Waals surface area contributed by atoms with Crippen LogP contribution in [0.1, 0.15) is 6.92 Å². The van der Waals surface area contributed by atoms with E-state index >= 15 is 0 Å². The van der Waals surface area contributed by atoms with Crippen LogP contribution in [0.3, 0.4) is 0 Å². The Kier molecular flexibility index (Phi) is 5.43. The molecule has 4 heteroatoms. The zero-order valence-electron chi connectivity index (χ0n) is 6.16. The highest BCUT2D eigenvalue weighted by Crippen LogP contribution is 2.02. The lowest BCUT2D eigenvalue weighted by Crippen LogP contribution is -2.08. The van der Waals surface area contributed by atoms with E-state index in [0.717, 1.165) is 0 Å². The molecule has 1 atom stereocenters. The van der Waals surface area contributed by atoms with Crippen molar-refractivity contribution in [2.24, 2.45) is 0 Å². The molecule has 0 amide bonds. The van der Waals surface area contributed by atoms with E-state index in [2.05, 4.69) is 4.74 Å². The molecule has 3 nitrogen and oxygen atoms in total. The Morgan fingerprint density at radius 1 is 1.80 bits per heavy atom. The molecule has 0 aromatic carbocycles. The molecular formula is C6H12O3S. The van der Waals surface area contributed by atoms with Crippen LogP contribution < -0.4 is 0 Å². The summed E-state index contributed by atoms with van der Waals surface area (Å²) < 4.78 is 4.39. The standard InChI is InChI=1S/C6H12O3S/c1-5(7)3-10-4-6(8)9-2/h5,7H,3-4H2,1-2H3/t5-/m1/s1. The summed E-state index contributed by atoms with van der Waals surface area (Å²) in [6.45, 7) is 1.68. The number of carbonyl (C=O) groups excluding carboxylic acids is 1. The van der Waals surface area contributed by atoms with Gasteiger partial charge >= 0.3 is 5.97 Å². The van der Waals surface area contributed by atoms with Gasteiger partial charge in [0.1, 0.15) is 0 Å². The average Bonchev–Trinajstić information content (AvgIpc) is 1.87. The summed E-state index contributed by atoms with van der Waals surface area (Å²) >= 11 is 1.37. The van der Waals surface area contributed by atoms with Crippen LogP contribution in [0.2, 0.25) is 0 Å². The number of ether oxygens (including phenoxy) is 1. The SMILES string of the molecule is COC(=O)CSC[C@@H](C)O. The van der Waals surface area contributed by atoms with Crippen LogP contribution >= 0.6 is 11.8 Å². The van der Waals surface area contributed by atoms with E-state index in [1.54, 1.807) is 6.92 Å². The Labute approximate surface area is 64.8 Å². The van der Waals surface area contributed by atoms with Crippen molar-refractivity contribution < 1.29 is 14.6 Å². The van der Waals surface area contributed by atoms with E-state index in [9.17, 15) is 4.79 Å². The summed E-state index contributed by atoms with van der Waals surface area (Å²) in [5.74, 6) is 0.655. The Bertz CT molecular complexity index is 103. The lowest BCUT2D eigenvalue weighted by atomic mass is 10.5. The Hall–Kier alpha value is -0.220. The number of hydrogen-bond donors (Lipinski definition) is 1. The van der Waals surface area contributed by atoms with Gasteiger partial charge in [-0.3, -0.25) is 4.79 Å². The van der Waals surface area contributed by atoms with Gasteiger partial charge in [-0.15, -0.1) is 11.8 Å². The average molecular weight is 164 g/mol. The summed E-state index contributed by atoms with van der Waals surface area (Å²) in [6, 6.07) is 0. The van der Waals surface area contributed by atoms with Crippen molar-refractivity contribution in [1.29, 1.82) is 0 Å². The van der Waals surface area contributed by atoms with E-state index in [-0.39, 0.29) is 12.1 Å². The lowest BCUT2D eigenvalue weighted by Gasteiger charge is -2.01. The quantitative estimate of drug-likeness (QED) is 0.606. The zero-order valence-corrected chi connectivity index (χ0v) is 6.98. The highest BCUT2D eigenvalue weighted by atomic mass is 32.2. The minimum Gasteiger partial charge on any atom is -0.468 e. The molecule has 0 aliphatic heterocycles. The van der Waals surface area contributed by atoms with E-state index in [4.69, 9.17) is 5.11 Å². The molecule has 1 N–H and O–H groups in total. The minimum absolute atomic E-state index is 0.245. The molecule has 0 radical (unpaired) electrons. The molecule has 0 bridgehead atoms. The predicted molar refractivity (Wildman–Crippen MR) is 41.0 cm³/mol. The van der Waals surface area contributed by atoms with E-state index in [1.165, 1.54) is 18.9 Å². The number of aliphatic hydroxyl groups excluding tert-OH is 1. The number of aliphatic hydroxyl groups is 1.